The van der Waals surface area contributed by atoms with Gasteiger partial charge in [-0.3, -0.25) is 4.79 Å². The van der Waals surface area contributed by atoms with E-state index in [4.69, 9.17) is 8.83 Å². The Hall–Kier alpha value is -4.33. The van der Waals surface area contributed by atoms with Crippen molar-refractivity contribution in [2.45, 2.75) is 6.54 Å². The topological polar surface area (TPSA) is 114 Å². The summed E-state index contributed by atoms with van der Waals surface area (Å²) in [6.07, 6.45) is 1.53. The number of carbonyl (C=O) groups is 2. The van der Waals surface area contributed by atoms with Gasteiger partial charge in [-0.05, 0) is 54.6 Å². The summed E-state index contributed by atoms with van der Waals surface area (Å²) in [7, 11) is 1.30. The van der Waals surface area contributed by atoms with Gasteiger partial charge >= 0.3 is 5.97 Å². The standard InChI is InChI=1S/C23H18N2O6/c1-29-23(28)14-4-7-16(8-5-14)25-22-19(21(27)24-13-18-3-2-10-30-18)11-15-6-9-17(26)12-20(15)31-22/h2-12,26H,13H2,1H3,(H,24,27). The first-order valence-corrected chi connectivity index (χ1v) is 9.34. The molecule has 8 heteroatoms. The molecule has 0 spiro atoms. The quantitative estimate of drug-likeness (QED) is 0.478. The molecular formula is C23H18N2O6. The number of phenols is 1. The van der Waals surface area contributed by atoms with Crippen LogP contribution in [0, 0.1) is 0 Å². The summed E-state index contributed by atoms with van der Waals surface area (Å²) in [6.45, 7) is 0.201. The number of nitrogens with zero attached hydrogens (tertiary/aromatic N) is 1. The highest BCUT2D eigenvalue weighted by molar-refractivity contribution is 5.96. The van der Waals surface area contributed by atoms with E-state index in [1.54, 1.807) is 48.5 Å². The van der Waals surface area contributed by atoms with Crippen molar-refractivity contribution in [3.05, 3.63) is 89.4 Å². The minimum Gasteiger partial charge on any atom is -0.508 e. The maximum absolute atomic E-state index is 12.9. The minimum atomic E-state index is -0.463. The van der Waals surface area contributed by atoms with Gasteiger partial charge in [-0.1, -0.05) is 0 Å². The maximum atomic E-state index is 12.9. The molecule has 8 nitrogen and oxygen atoms in total. The number of hydrogen-bond donors (Lipinski definition) is 2. The normalized spacial score (nSPS) is 11.5. The average Bonchev–Trinajstić information content (AvgIpc) is 3.30. The number of carbonyl (C=O) groups excluding carboxylic acids is 2. The number of methoxy groups -OCH3 is 1. The number of furan rings is 1. The van der Waals surface area contributed by atoms with E-state index in [0.29, 0.717) is 28.0 Å². The highest BCUT2D eigenvalue weighted by Crippen LogP contribution is 2.20. The van der Waals surface area contributed by atoms with Gasteiger partial charge in [0.05, 0.1) is 31.2 Å². The molecule has 31 heavy (non-hydrogen) atoms. The lowest BCUT2D eigenvalue weighted by Gasteiger charge is -2.06. The second-order valence-corrected chi connectivity index (χ2v) is 6.60. The molecule has 0 saturated carbocycles. The van der Waals surface area contributed by atoms with E-state index in [1.807, 2.05) is 0 Å². The predicted octanol–water partition coefficient (Wildman–Crippen LogP) is 3.68. The number of ether oxygens (including phenoxy) is 1. The number of esters is 1. The van der Waals surface area contributed by atoms with Gasteiger partial charge in [0.25, 0.3) is 5.91 Å². The number of fused-ring (bicyclic) bond motifs is 1. The van der Waals surface area contributed by atoms with E-state index in [1.165, 1.54) is 25.5 Å². The Balaban J connectivity index is 1.75. The van der Waals surface area contributed by atoms with E-state index in [0.717, 1.165) is 0 Å². The van der Waals surface area contributed by atoms with Crippen molar-refractivity contribution in [1.82, 2.24) is 5.32 Å². The van der Waals surface area contributed by atoms with Gasteiger partial charge in [-0.15, -0.1) is 0 Å². The fourth-order valence-electron chi connectivity index (χ4n) is 2.94. The van der Waals surface area contributed by atoms with Crippen LogP contribution in [0.3, 0.4) is 0 Å². The van der Waals surface area contributed by atoms with Crippen molar-refractivity contribution in [3.8, 4) is 5.75 Å². The molecule has 0 fully saturated rings. The smallest absolute Gasteiger partial charge is 0.337 e. The van der Waals surface area contributed by atoms with Gasteiger partial charge in [0, 0.05) is 11.5 Å². The Morgan fingerprint density at radius 3 is 2.61 bits per heavy atom. The van der Waals surface area contributed by atoms with Crippen molar-refractivity contribution in [3.63, 3.8) is 0 Å². The number of nitrogens with one attached hydrogen (secondary N) is 1. The van der Waals surface area contributed by atoms with E-state index < -0.39 is 11.9 Å². The maximum Gasteiger partial charge on any atom is 0.337 e. The second-order valence-electron chi connectivity index (χ2n) is 6.60. The number of aromatic hydroxyl groups is 1. The molecule has 2 N–H and O–H groups in total. The second kappa shape index (κ2) is 8.58. The highest BCUT2D eigenvalue weighted by Gasteiger charge is 2.14. The van der Waals surface area contributed by atoms with E-state index in [2.05, 4.69) is 15.0 Å². The van der Waals surface area contributed by atoms with Gasteiger partial charge in [0.15, 0.2) is 0 Å². The lowest BCUT2D eigenvalue weighted by molar-refractivity contribution is 0.0600. The molecule has 4 aromatic rings. The summed E-state index contributed by atoms with van der Waals surface area (Å²) in [4.78, 5) is 28.9. The number of rotatable bonds is 5. The summed E-state index contributed by atoms with van der Waals surface area (Å²) < 4.78 is 15.8. The number of benzene rings is 2. The summed E-state index contributed by atoms with van der Waals surface area (Å²) in [5.74, 6) is -0.233. The lowest BCUT2D eigenvalue weighted by atomic mass is 10.1. The SMILES string of the molecule is COC(=O)c1ccc(N=c2oc3cc(O)ccc3cc2C(=O)NCc2ccco2)cc1. The van der Waals surface area contributed by atoms with Gasteiger partial charge in [-0.2, -0.15) is 0 Å². The van der Waals surface area contributed by atoms with Crippen molar-refractivity contribution < 1.29 is 28.3 Å². The molecule has 0 aliphatic rings. The van der Waals surface area contributed by atoms with Crippen LogP contribution >= 0.6 is 0 Å². The molecule has 2 aromatic carbocycles. The number of hydrogen-bond acceptors (Lipinski definition) is 7. The molecular weight excluding hydrogens is 400 g/mol. The summed E-state index contributed by atoms with van der Waals surface area (Å²) >= 11 is 0. The van der Waals surface area contributed by atoms with Crippen molar-refractivity contribution in [1.29, 1.82) is 0 Å². The van der Waals surface area contributed by atoms with Crippen molar-refractivity contribution >= 4 is 28.5 Å². The molecule has 2 aromatic heterocycles. The van der Waals surface area contributed by atoms with Gasteiger partial charge in [-0.25, -0.2) is 9.79 Å². The van der Waals surface area contributed by atoms with Crippen LogP contribution in [0.2, 0.25) is 0 Å². The first kappa shape index (κ1) is 20.0. The van der Waals surface area contributed by atoms with E-state index >= 15 is 0 Å². The third-order valence-corrected chi connectivity index (χ3v) is 4.50. The van der Waals surface area contributed by atoms with Crippen LogP contribution in [-0.2, 0) is 11.3 Å². The average molecular weight is 418 g/mol. The Labute approximate surface area is 176 Å². The van der Waals surface area contributed by atoms with E-state index in [-0.39, 0.29) is 23.4 Å². The van der Waals surface area contributed by atoms with Crippen LogP contribution in [0.5, 0.6) is 5.75 Å². The van der Waals surface area contributed by atoms with Crippen molar-refractivity contribution in [2.24, 2.45) is 4.99 Å². The third kappa shape index (κ3) is 4.48. The molecule has 4 rings (SSSR count). The first-order valence-electron chi connectivity index (χ1n) is 9.34. The Kier molecular flexibility index (Phi) is 5.53. The Morgan fingerprint density at radius 2 is 1.90 bits per heavy atom. The highest BCUT2D eigenvalue weighted by atomic mass is 16.5. The molecule has 1 amide bonds. The van der Waals surface area contributed by atoms with Crippen LogP contribution in [0.15, 0.2) is 80.8 Å². The van der Waals surface area contributed by atoms with Crippen LogP contribution < -0.4 is 10.9 Å². The Bertz CT molecular complexity index is 1300. The van der Waals surface area contributed by atoms with Crippen molar-refractivity contribution in [2.75, 3.05) is 7.11 Å². The van der Waals surface area contributed by atoms with Crippen LogP contribution in [0.25, 0.3) is 11.0 Å². The minimum absolute atomic E-state index is 0.0275. The molecule has 2 heterocycles. The van der Waals surface area contributed by atoms with Crippen LogP contribution in [0.1, 0.15) is 26.5 Å². The summed E-state index contributed by atoms with van der Waals surface area (Å²) in [5, 5.41) is 13.2. The zero-order chi connectivity index (χ0) is 21.8. The molecule has 0 aliphatic carbocycles. The number of amides is 1. The van der Waals surface area contributed by atoms with E-state index in [9.17, 15) is 14.7 Å². The monoisotopic (exact) mass is 418 g/mol. The Morgan fingerprint density at radius 1 is 1.10 bits per heavy atom. The molecule has 0 atom stereocenters. The third-order valence-electron chi connectivity index (χ3n) is 4.50. The fraction of sp³-hybridized carbons (Fsp3) is 0.0870. The van der Waals surface area contributed by atoms with Gasteiger partial charge < -0.3 is 24.0 Å². The first-order chi connectivity index (χ1) is 15.0. The molecule has 0 saturated heterocycles. The predicted molar refractivity (Wildman–Crippen MR) is 111 cm³/mol. The zero-order valence-corrected chi connectivity index (χ0v) is 16.5. The number of phenolic OH excluding ortho intramolecular Hbond substituents is 1. The lowest BCUT2D eigenvalue weighted by Crippen LogP contribution is -2.28. The zero-order valence-electron chi connectivity index (χ0n) is 16.5. The molecule has 156 valence electrons. The van der Waals surface area contributed by atoms with Gasteiger partial charge in [0.2, 0.25) is 5.55 Å². The largest absolute Gasteiger partial charge is 0.508 e. The summed E-state index contributed by atoms with van der Waals surface area (Å²) in [6, 6.07) is 16.1. The fourth-order valence-corrected chi connectivity index (χ4v) is 2.94. The molecule has 0 bridgehead atoms. The molecule has 0 aliphatic heterocycles. The van der Waals surface area contributed by atoms with Crippen LogP contribution in [-0.4, -0.2) is 24.1 Å². The molecule has 0 unspecified atom stereocenters. The van der Waals surface area contributed by atoms with Gasteiger partial charge in [0.1, 0.15) is 22.7 Å². The summed E-state index contributed by atoms with van der Waals surface area (Å²) in [5.41, 5.74) is 1.48. The molecule has 0 radical (unpaired) electrons. The van der Waals surface area contributed by atoms with Crippen LogP contribution in [0.4, 0.5) is 5.69 Å².